The lowest BCUT2D eigenvalue weighted by molar-refractivity contribution is 0.414. The Hall–Kier alpha value is -2.86. The number of aromatic nitrogens is 2. The molecule has 0 saturated carbocycles. The van der Waals surface area contributed by atoms with Crippen LogP contribution in [0.3, 0.4) is 0 Å². The molecule has 1 aliphatic heterocycles. The van der Waals surface area contributed by atoms with Gasteiger partial charge >= 0.3 is 0 Å². The second-order valence-electron chi connectivity index (χ2n) is 5.79. The first kappa shape index (κ1) is 15.7. The molecule has 25 heavy (non-hydrogen) atoms. The van der Waals surface area contributed by atoms with E-state index in [9.17, 15) is 0 Å². The second-order valence-corrected chi connectivity index (χ2v) is 6.18. The van der Waals surface area contributed by atoms with Crippen LogP contribution < -0.4 is 15.0 Å². The van der Waals surface area contributed by atoms with Gasteiger partial charge in [0.25, 0.3) is 0 Å². The van der Waals surface area contributed by atoms with Gasteiger partial charge in [0.05, 0.1) is 24.5 Å². The Morgan fingerprint density at radius 2 is 1.92 bits per heavy atom. The van der Waals surface area contributed by atoms with Crippen molar-refractivity contribution in [3.8, 4) is 5.75 Å². The second kappa shape index (κ2) is 6.57. The van der Waals surface area contributed by atoms with Gasteiger partial charge in [-0.2, -0.15) is 0 Å². The number of aromatic amines is 1. The molecule has 0 spiro atoms. The topological polar surface area (TPSA) is 53.2 Å². The van der Waals surface area contributed by atoms with Gasteiger partial charge in [-0.05, 0) is 48.6 Å². The molecule has 0 aliphatic carbocycles. The van der Waals surface area contributed by atoms with E-state index in [1.807, 2.05) is 54.7 Å². The average molecular weight is 350 g/mol. The number of pyridine rings is 1. The Labute approximate surface area is 151 Å². The van der Waals surface area contributed by atoms with Gasteiger partial charge in [0.2, 0.25) is 0 Å². The SMILES string of the molecule is COc1ccccc1N1C(=S)NC(c2ccccn2)C1c1ccc[nH]1. The van der Waals surface area contributed by atoms with Gasteiger partial charge in [0.15, 0.2) is 5.11 Å². The summed E-state index contributed by atoms with van der Waals surface area (Å²) in [7, 11) is 1.67. The van der Waals surface area contributed by atoms with E-state index in [0.29, 0.717) is 5.11 Å². The number of thiocarbonyl (C=S) groups is 1. The first-order valence-electron chi connectivity index (χ1n) is 8.06. The lowest BCUT2D eigenvalue weighted by Gasteiger charge is -2.28. The molecule has 126 valence electrons. The molecule has 0 amide bonds. The molecule has 1 aliphatic rings. The molecule has 3 aromatic rings. The first-order valence-corrected chi connectivity index (χ1v) is 8.47. The Balaban J connectivity index is 1.84. The highest BCUT2D eigenvalue weighted by atomic mass is 32.1. The molecule has 6 heteroatoms. The van der Waals surface area contributed by atoms with Crippen LogP contribution in [0.5, 0.6) is 5.75 Å². The van der Waals surface area contributed by atoms with Crippen LogP contribution in [0.15, 0.2) is 67.0 Å². The molecule has 1 fully saturated rings. The summed E-state index contributed by atoms with van der Waals surface area (Å²) in [5.74, 6) is 0.782. The molecular formula is C19H18N4OS. The zero-order valence-corrected chi connectivity index (χ0v) is 14.5. The fraction of sp³-hybridized carbons (Fsp3) is 0.158. The van der Waals surface area contributed by atoms with Crippen LogP contribution in [0.25, 0.3) is 0 Å². The van der Waals surface area contributed by atoms with Gasteiger partial charge in [0, 0.05) is 18.1 Å². The zero-order chi connectivity index (χ0) is 17.2. The smallest absolute Gasteiger partial charge is 0.174 e. The van der Waals surface area contributed by atoms with Crippen molar-refractivity contribution in [3.63, 3.8) is 0 Å². The zero-order valence-electron chi connectivity index (χ0n) is 13.7. The van der Waals surface area contributed by atoms with Crippen LogP contribution in [-0.2, 0) is 0 Å². The van der Waals surface area contributed by atoms with E-state index < -0.39 is 0 Å². The minimum absolute atomic E-state index is 0.0475. The highest BCUT2D eigenvalue weighted by Gasteiger charge is 2.42. The normalized spacial score (nSPS) is 19.7. The molecule has 0 radical (unpaired) electrons. The summed E-state index contributed by atoms with van der Waals surface area (Å²) >= 11 is 5.68. The lowest BCUT2D eigenvalue weighted by atomic mass is 10.0. The monoisotopic (exact) mass is 350 g/mol. The van der Waals surface area contributed by atoms with E-state index in [1.54, 1.807) is 13.3 Å². The predicted octanol–water partition coefficient (Wildman–Crippen LogP) is 3.60. The van der Waals surface area contributed by atoms with Crippen molar-refractivity contribution in [3.05, 3.63) is 78.4 Å². The summed E-state index contributed by atoms with van der Waals surface area (Å²) in [4.78, 5) is 9.96. The standard InChI is InChI=1S/C19H18N4OS/c1-24-16-10-3-2-9-15(16)23-18(14-8-6-12-21-14)17(22-19(23)25)13-7-4-5-11-20-13/h2-12,17-18,21H,1H3,(H,22,25). The number of anilines is 1. The van der Waals surface area contributed by atoms with Crippen LogP contribution in [0.4, 0.5) is 5.69 Å². The predicted molar refractivity (Wildman–Crippen MR) is 102 cm³/mol. The van der Waals surface area contributed by atoms with Gasteiger partial charge in [-0.3, -0.25) is 4.98 Å². The molecule has 4 rings (SSSR count). The van der Waals surface area contributed by atoms with Crippen LogP contribution >= 0.6 is 12.2 Å². The molecule has 2 unspecified atom stereocenters. The summed E-state index contributed by atoms with van der Waals surface area (Å²) in [5.41, 5.74) is 2.94. The van der Waals surface area contributed by atoms with Crippen LogP contribution in [-0.4, -0.2) is 22.2 Å². The Morgan fingerprint density at radius 3 is 2.64 bits per heavy atom. The highest BCUT2D eigenvalue weighted by Crippen LogP contribution is 2.43. The molecule has 1 aromatic carbocycles. The molecule has 2 atom stereocenters. The lowest BCUT2D eigenvalue weighted by Crippen LogP contribution is -2.29. The molecule has 5 nitrogen and oxygen atoms in total. The van der Waals surface area contributed by atoms with Crippen molar-refractivity contribution in [2.45, 2.75) is 12.1 Å². The summed E-state index contributed by atoms with van der Waals surface area (Å²) < 4.78 is 5.56. The van der Waals surface area contributed by atoms with Crippen LogP contribution in [0.2, 0.25) is 0 Å². The van der Waals surface area contributed by atoms with Crippen molar-refractivity contribution in [2.75, 3.05) is 12.0 Å². The van der Waals surface area contributed by atoms with Crippen molar-refractivity contribution in [1.82, 2.24) is 15.3 Å². The maximum absolute atomic E-state index is 5.68. The van der Waals surface area contributed by atoms with Gasteiger partial charge in [-0.15, -0.1) is 0 Å². The molecule has 1 saturated heterocycles. The van der Waals surface area contributed by atoms with Crippen molar-refractivity contribution >= 4 is 23.0 Å². The maximum Gasteiger partial charge on any atom is 0.174 e. The molecule has 3 heterocycles. The minimum atomic E-state index is -0.0581. The van der Waals surface area contributed by atoms with Crippen molar-refractivity contribution in [2.24, 2.45) is 0 Å². The summed E-state index contributed by atoms with van der Waals surface area (Å²) in [6.45, 7) is 0. The number of rotatable bonds is 4. The summed E-state index contributed by atoms with van der Waals surface area (Å²) in [6.07, 6.45) is 3.73. The number of para-hydroxylation sites is 2. The third kappa shape index (κ3) is 2.74. The maximum atomic E-state index is 5.68. The molecule has 0 bridgehead atoms. The molecule has 2 N–H and O–H groups in total. The van der Waals surface area contributed by atoms with E-state index in [-0.39, 0.29) is 12.1 Å². The van der Waals surface area contributed by atoms with Gasteiger partial charge in [-0.1, -0.05) is 18.2 Å². The quantitative estimate of drug-likeness (QED) is 0.704. The van der Waals surface area contributed by atoms with Crippen molar-refractivity contribution in [1.29, 1.82) is 0 Å². The number of H-pyrrole nitrogens is 1. The summed E-state index contributed by atoms with van der Waals surface area (Å²) in [5, 5.41) is 4.08. The molecule has 2 aromatic heterocycles. The van der Waals surface area contributed by atoms with Gasteiger partial charge < -0.3 is 19.9 Å². The number of nitrogens with zero attached hydrogens (tertiary/aromatic N) is 2. The average Bonchev–Trinajstić information content (AvgIpc) is 3.30. The van der Waals surface area contributed by atoms with E-state index >= 15 is 0 Å². The fourth-order valence-corrected chi connectivity index (χ4v) is 3.63. The van der Waals surface area contributed by atoms with E-state index in [4.69, 9.17) is 17.0 Å². The Morgan fingerprint density at radius 1 is 1.08 bits per heavy atom. The number of methoxy groups -OCH3 is 1. The van der Waals surface area contributed by atoms with Crippen LogP contribution in [0.1, 0.15) is 23.5 Å². The number of hydrogen-bond donors (Lipinski definition) is 2. The van der Waals surface area contributed by atoms with Crippen molar-refractivity contribution < 1.29 is 4.74 Å². The minimum Gasteiger partial charge on any atom is -0.495 e. The van der Waals surface area contributed by atoms with Gasteiger partial charge in [0.1, 0.15) is 11.8 Å². The molecular weight excluding hydrogens is 332 g/mol. The van der Waals surface area contributed by atoms with E-state index in [0.717, 1.165) is 22.8 Å². The highest BCUT2D eigenvalue weighted by molar-refractivity contribution is 7.80. The number of hydrogen-bond acceptors (Lipinski definition) is 3. The van der Waals surface area contributed by atoms with E-state index in [2.05, 4.69) is 26.3 Å². The summed E-state index contributed by atoms with van der Waals surface area (Å²) in [6, 6.07) is 17.8. The van der Waals surface area contributed by atoms with Gasteiger partial charge in [-0.25, -0.2) is 0 Å². The Bertz CT molecular complexity index is 866. The third-order valence-electron chi connectivity index (χ3n) is 4.38. The number of benzene rings is 1. The van der Waals surface area contributed by atoms with E-state index in [1.165, 1.54) is 0 Å². The largest absolute Gasteiger partial charge is 0.495 e. The fourth-order valence-electron chi connectivity index (χ4n) is 3.29. The number of ether oxygens (including phenoxy) is 1. The Kier molecular flexibility index (Phi) is 4.11. The number of nitrogens with one attached hydrogen (secondary N) is 2. The van der Waals surface area contributed by atoms with Crippen LogP contribution in [0, 0.1) is 0 Å². The first-order chi connectivity index (χ1) is 12.3. The third-order valence-corrected chi connectivity index (χ3v) is 4.70.